The van der Waals surface area contributed by atoms with Crippen LogP contribution >= 0.6 is 0 Å². The smallest absolute Gasteiger partial charge is 0.143 e. The average Bonchev–Trinajstić information content (AvgIpc) is 3.58. The SMILES string of the molecule is c1ccc(-c2nc3ccccc3c3c2cc(-c2ccc(-c4cc5ccccc5c5c4oc4cc6ccccc6cc45)cc2)c2ccccc23)cc1. The van der Waals surface area contributed by atoms with Crippen LogP contribution in [0.2, 0.25) is 0 Å². The number of aromatic nitrogens is 1. The number of furan rings is 1. The zero-order chi connectivity index (χ0) is 33.5. The number of benzene rings is 9. The van der Waals surface area contributed by atoms with Crippen LogP contribution in [0, 0.1) is 0 Å². The van der Waals surface area contributed by atoms with Crippen molar-refractivity contribution in [1.82, 2.24) is 4.98 Å². The van der Waals surface area contributed by atoms with Crippen LogP contribution in [0.4, 0.5) is 0 Å². The van der Waals surface area contributed by atoms with E-state index in [1.807, 2.05) is 0 Å². The van der Waals surface area contributed by atoms with Crippen molar-refractivity contribution >= 4 is 75.9 Å². The van der Waals surface area contributed by atoms with Gasteiger partial charge in [-0.3, -0.25) is 0 Å². The lowest BCUT2D eigenvalue weighted by atomic mass is 9.89. The molecule has 0 saturated carbocycles. The van der Waals surface area contributed by atoms with Gasteiger partial charge >= 0.3 is 0 Å². The second kappa shape index (κ2) is 10.9. The standard InChI is InChI=1S/C49H29NO/c1-2-12-32(13-3-1)48-43-29-40(37-18-8-9-19-38(37)46(43)39-20-10-11-21-44(39)50-48)30-22-24-31(25-23-30)41-27-35-16-6-7-17-36(35)47-42-26-33-14-4-5-15-34(33)28-45(42)51-49(41)47/h1-29H. The van der Waals surface area contributed by atoms with Crippen molar-refractivity contribution in [3.63, 3.8) is 0 Å². The zero-order valence-electron chi connectivity index (χ0n) is 27.6. The number of hydrogen-bond donors (Lipinski definition) is 0. The molecule has 0 aliphatic carbocycles. The maximum atomic E-state index is 6.76. The lowest BCUT2D eigenvalue weighted by molar-refractivity contribution is 0.671. The first kappa shape index (κ1) is 28.1. The van der Waals surface area contributed by atoms with Crippen molar-refractivity contribution in [2.24, 2.45) is 0 Å². The minimum atomic E-state index is 0.913. The fourth-order valence-electron chi connectivity index (χ4n) is 8.23. The van der Waals surface area contributed by atoms with Gasteiger partial charge < -0.3 is 4.42 Å². The lowest BCUT2D eigenvalue weighted by Gasteiger charge is -2.16. The fourth-order valence-corrected chi connectivity index (χ4v) is 8.23. The van der Waals surface area contributed by atoms with Crippen molar-refractivity contribution < 1.29 is 4.42 Å². The highest BCUT2D eigenvalue weighted by Gasteiger charge is 2.19. The molecule has 2 nitrogen and oxygen atoms in total. The predicted octanol–water partition coefficient (Wildman–Crippen LogP) is 13.7. The highest BCUT2D eigenvalue weighted by atomic mass is 16.3. The van der Waals surface area contributed by atoms with E-state index in [0.29, 0.717) is 0 Å². The summed E-state index contributed by atoms with van der Waals surface area (Å²) in [5.41, 5.74) is 9.54. The van der Waals surface area contributed by atoms with Gasteiger partial charge in [-0.25, -0.2) is 4.98 Å². The van der Waals surface area contributed by atoms with Crippen molar-refractivity contribution in [2.45, 2.75) is 0 Å². The van der Waals surface area contributed by atoms with Gasteiger partial charge in [0.2, 0.25) is 0 Å². The van der Waals surface area contributed by atoms with E-state index in [1.165, 1.54) is 54.0 Å². The minimum absolute atomic E-state index is 0.913. The Labute approximate surface area is 293 Å². The zero-order valence-corrected chi connectivity index (χ0v) is 27.6. The van der Waals surface area contributed by atoms with E-state index in [4.69, 9.17) is 9.40 Å². The number of fused-ring (bicyclic) bond motifs is 11. The Morgan fingerprint density at radius 2 is 0.961 bits per heavy atom. The number of pyridine rings is 1. The fraction of sp³-hybridized carbons (Fsp3) is 0. The molecule has 2 aromatic heterocycles. The van der Waals surface area contributed by atoms with E-state index in [0.717, 1.165) is 55.4 Å². The van der Waals surface area contributed by atoms with E-state index in [-0.39, 0.29) is 0 Å². The van der Waals surface area contributed by atoms with Crippen LogP contribution in [0.3, 0.4) is 0 Å². The van der Waals surface area contributed by atoms with Crippen molar-refractivity contribution in [3.05, 3.63) is 176 Å². The molecular weight excluding hydrogens is 619 g/mol. The van der Waals surface area contributed by atoms with Crippen LogP contribution in [0.25, 0.3) is 109 Å². The van der Waals surface area contributed by atoms with Gasteiger partial charge in [0.1, 0.15) is 11.2 Å². The van der Waals surface area contributed by atoms with Gasteiger partial charge in [-0.05, 0) is 79.3 Å². The third-order valence-corrected chi connectivity index (χ3v) is 10.6. The van der Waals surface area contributed by atoms with E-state index < -0.39 is 0 Å². The van der Waals surface area contributed by atoms with Gasteiger partial charge in [-0.15, -0.1) is 0 Å². The molecule has 51 heavy (non-hydrogen) atoms. The summed E-state index contributed by atoms with van der Waals surface area (Å²) in [5, 5.41) is 13.2. The molecule has 0 bridgehead atoms. The number of para-hydroxylation sites is 1. The lowest BCUT2D eigenvalue weighted by Crippen LogP contribution is -1.92. The van der Waals surface area contributed by atoms with Gasteiger partial charge in [0.25, 0.3) is 0 Å². The molecule has 0 atom stereocenters. The summed E-state index contributed by atoms with van der Waals surface area (Å²) in [6, 6.07) is 63.1. The monoisotopic (exact) mass is 647 g/mol. The summed E-state index contributed by atoms with van der Waals surface area (Å²) in [6.07, 6.45) is 0. The van der Waals surface area contributed by atoms with Gasteiger partial charge in [0, 0.05) is 38.1 Å². The first-order chi connectivity index (χ1) is 25.3. The second-order valence-corrected chi connectivity index (χ2v) is 13.5. The summed E-state index contributed by atoms with van der Waals surface area (Å²) >= 11 is 0. The molecule has 11 aromatic rings. The largest absolute Gasteiger partial charge is 0.455 e. The van der Waals surface area contributed by atoms with Gasteiger partial charge in [0.05, 0.1) is 11.2 Å². The van der Waals surface area contributed by atoms with Crippen LogP contribution < -0.4 is 0 Å². The van der Waals surface area contributed by atoms with Crippen LogP contribution in [-0.2, 0) is 0 Å². The average molecular weight is 648 g/mol. The number of nitrogens with zero attached hydrogens (tertiary/aromatic N) is 1. The van der Waals surface area contributed by atoms with Gasteiger partial charge in [0.15, 0.2) is 0 Å². The molecule has 0 saturated heterocycles. The molecule has 0 N–H and O–H groups in total. The number of hydrogen-bond acceptors (Lipinski definition) is 2. The topological polar surface area (TPSA) is 26.0 Å². The van der Waals surface area contributed by atoms with Crippen molar-refractivity contribution in [2.75, 3.05) is 0 Å². The molecule has 0 aliphatic heterocycles. The third-order valence-electron chi connectivity index (χ3n) is 10.6. The summed E-state index contributed by atoms with van der Waals surface area (Å²) in [5.74, 6) is 0. The highest BCUT2D eigenvalue weighted by Crippen LogP contribution is 2.44. The predicted molar refractivity (Wildman–Crippen MR) is 215 cm³/mol. The number of rotatable bonds is 3. The summed E-state index contributed by atoms with van der Waals surface area (Å²) in [7, 11) is 0. The molecule has 2 heterocycles. The Morgan fingerprint density at radius 3 is 1.75 bits per heavy atom. The van der Waals surface area contributed by atoms with Crippen molar-refractivity contribution in [1.29, 1.82) is 0 Å². The first-order valence-corrected chi connectivity index (χ1v) is 17.5. The van der Waals surface area contributed by atoms with Crippen LogP contribution in [-0.4, -0.2) is 4.98 Å². The van der Waals surface area contributed by atoms with Crippen LogP contribution in [0.1, 0.15) is 0 Å². The van der Waals surface area contributed by atoms with Crippen LogP contribution in [0.15, 0.2) is 180 Å². The van der Waals surface area contributed by atoms with Crippen molar-refractivity contribution in [3.8, 4) is 33.5 Å². The molecule has 0 unspecified atom stereocenters. The molecule has 0 spiro atoms. The Balaban J connectivity index is 1.14. The van der Waals surface area contributed by atoms with Gasteiger partial charge in [-0.1, -0.05) is 146 Å². The Bertz CT molecular complexity index is 3170. The van der Waals surface area contributed by atoms with E-state index in [1.54, 1.807) is 0 Å². The van der Waals surface area contributed by atoms with E-state index in [2.05, 4.69) is 176 Å². The Morgan fingerprint density at radius 1 is 0.353 bits per heavy atom. The van der Waals surface area contributed by atoms with E-state index >= 15 is 0 Å². The summed E-state index contributed by atoms with van der Waals surface area (Å²) in [6.45, 7) is 0. The Kier molecular flexibility index (Phi) is 5.99. The molecule has 0 amide bonds. The summed E-state index contributed by atoms with van der Waals surface area (Å²) < 4.78 is 6.76. The van der Waals surface area contributed by atoms with E-state index in [9.17, 15) is 0 Å². The quantitative estimate of drug-likeness (QED) is 0.178. The normalized spacial score (nSPS) is 11.9. The molecule has 2 heteroatoms. The van der Waals surface area contributed by atoms with Crippen LogP contribution in [0.5, 0.6) is 0 Å². The molecule has 0 aliphatic rings. The molecule has 11 rings (SSSR count). The highest BCUT2D eigenvalue weighted by molar-refractivity contribution is 6.26. The minimum Gasteiger partial charge on any atom is -0.455 e. The Hall–Kier alpha value is -6.77. The maximum Gasteiger partial charge on any atom is 0.143 e. The molecule has 9 aromatic carbocycles. The molecule has 0 fully saturated rings. The summed E-state index contributed by atoms with van der Waals surface area (Å²) in [4.78, 5) is 5.25. The second-order valence-electron chi connectivity index (χ2n) is 13.5. The molecule has 236 valence electrons. The maximum absolute atomic E-state index is 6.76. The third kappa shape index (κ3) is 4.27. The van der Waals surface area contributed by atoms with Gasteiger partial charge in [-0.2, -0.15) is 0 Å². The first-order valence-electron chi connectivity index (χ1n) is 17.5. The molecular formula is C49H29NO. The molecule has 0 radical (unpaired) electrons.